The van der Waals surface area contributed by atoms with Gasteiger partial charge in [0.1, 0.15) is 0 Å². The average Bonchev–Trinajstić information content (AvgIpc) is 2.91. The van der Waals surface area contributed by atoms with Crippen molar-refractivity contribution in [2.75, 3.05) is 0 Å². The second kappa shape index (κ2) is 6.26. The van der Waals surface area contributed by atoms with E-state index in [1.54, 1.807) is 6.21 Å². The maximum absolute atomic E-state index is 12.0. The number of nitrogens with one attached hydrogen (secondary N) is 2. The van der Waals surface area contributed by atoms with Crippen molar-refractivity contribution in [1.29, 1.82) is 0 Å². The molecule has 0 spiro atoms. The number of amides is 1. The predicted molar refractivity (Wildman–Crippen MR) is 88.9 cm³/mol. The number of rotatable bonds is 4. The molecule has 1 amide bonds. The highest BCUT2D eigenvalue weighted by molar-refractivity contribution is 5.89. The van der Waals surface area contributed by atoms with Crippen molar-refractivity contribution >= 4 is 23.0 Å². The Labute approximate surface area is 128 Å². The number of nitrogens with zero attached hydrogens (tertiary/aromatic N) is 1. The minimum Gasteiger partial charge on any atom is -0.361 e. The van der Waals surface area contributed by atoms with Gasteiger partial charge in [-0.2, -0.15) is 5.10 Å². The lowest BCUT2D eigenvalue weighted by atomic mass is 10.1. The molecule has 0 aliphatic carbocycles. The molecule has 1 heterocycles. The zero-order valence-electron chi connectivity index (χ0n) is 12.3. The van der Waals surface area contributed by atoms with Gasteiger partial charge in [0.2, 0.25) is 5.91 Å². The maximum Gasteiger partial charge on any atom is 0.244 e. The second-order valence-corrected chi connectivity index (χ2v) is 5.24. The highest BCUT2D eigenvalue weighted by Gasteiger charge is 2.07. The van der Waals surface area contributed by atoms with Crippen molar-refractivity contribution in [2.24, 2.45) is 5.10 Å². The summed E-state index contributed by atoms with van der Waals surface area (Å²) in [7, 11) is 0. The van der Waals surface area contributed by atoms with E-state index in [9.17, 15) is 4.79 Å². The summed E-state index contributed by atoms with van der Waals surface area (Å²) >= 11 is 0. The third kappa shape index (κ3) is 3.23. The Bertz CT molecular complexity index is 833. The molecule has 2 N–H and O–H groups in total. The number of aromatic amines is 1. The number of aromatic nitrogens is 1. The number of hydrogen-bond donors (Lipinski definition) is 2. The van der Waals surface area contributed by atoms with E-state index in [2.05, 4.69) is 15.5 Å². The van der Waals surface area contributed by atoms with Gasteiger partial charge in [-0.3, -0.25) is 4.79 Å². The molecule has 0 atom stereocenters. The van der Waals surface area contributed by atoms with Crippen LogP contribution in [0.4, 0.5) is 0 Å². The Morgan fingerprint density at radius 2 is 2.09 bits per heavy atom. The normalized spacial score (nSPS) is 11.1. The van der Waals surface area contributed by atoms with Gasteiger partial charge in [0.05, 0.1) is 12.6 Å². The van der Waals surface area contributed by atoms with Crippen molar-refractivity contribution < 1.29 is 4.79 Å². The van der Waals surface area contributed by atoms with Gasteiger partial charge < -0.3 is 4.98 Å². The van der Waals surface area contributed by atoms with E-state index in [1.165, 1.54) is 0 Å². The summed E-state index contributed by atoms with van der Waals surface area (Å²) in [5, 5.41) is 5.08. The first-order valence-electron chi connectivity index (χ1n) is 7.16. The van der Waals surface area contributed by atoms with Crippen LogP contribution in [0.3, 0.4) is 0 Å². The van der Waals surface area contributed by atoms with Crippen molar-refractivity contribution in [2.45, 2.75) is 13.3 Å². The summed E-state index contributed by atoms with van der Waals surface area (Å²) < 4.78 is 0. The molecule has 2 aromatic carbocycles. The van der Waals surface area contributed by atoms with Gasteiger partial charge in [-0.15, -0.1) is 0 Å². The van der Waals surface area contributed by atoms with E-state index < -0.39 is 0 Å². The van der Waals surface area contributed by atoms with Crippen LogP contribution in [-0.2, 0) is 11.2 Å². The molecule has 3 rings (SSSR count). The standard InChI is InChI=1S/C18H17N3O/c1-13-5-4-6-14(9-13)11-20-21-18(22)10-15-12-19-17-8-3-2-7-16(15)17/h2-9,11-12,19H,10H2,1H3,(H,21,22)/b20-11-. The molecule has 4 nitrogen and oxygen atoms in total. The van der Waals surface area contributed by atoms with Crippen LogP contribution in [0.2, 0.25) is 0 Å². The van der Waals surface area contributed by atoms with Gasteiger partial charge in [0.25, 0.3) is 0 Å². The van der Waals surface area contributed by atoms with Crippen molar-refractivity contribution in [3.8, 4) is 0 Å². The average molecular weight is 291 g/mol. The zero-order chi connectivity index (χ0) is 15.4. The molecule has 0 aliphatic heterocycles. The number of fused-ring (bicyclic) bond motifs is 1. The van der Waals surface area contributed by atoms with Gasteiger partial charge in [-0.25, -0.2) is 5.43 Å². The lowest BCUT2D eigenvalue weighted by Gasteiger charge is -1.99. The molecule has 0 unspecified atom stereocenters. The third-order valence-corrected chi connectivity index (χ3v) is 3.47. The molecule has 3 aromatic rings. The van der Waals surface area contributed by atoms with Crippen LogP contribution in [0.5, 0.6) is 0 Å². The van der Waals surface area contributed by atoms with Crippen molar-refractivity contribution in [3.05, 3.63) is 71.4 Å². The summed E-state index contributed by atoms with van der Waals surface area (Å²) in [5.41, 5.74) is 6.70. The number of hydrazone groups is 1. The Morgan fingerprint density at radius 3 is 2.95 bits per heavy atom. The number of para-hydroxylation sites is 1. The van der Waals surface area contributed by atoms with Crippen LogP contribution in [0.15, 0.2) is 59.8 Å². The zero-order valence-corrected chi connectivity index (χ0v) is 12.3. The molecular formula is C18H17N3O. The fourth-order valence-corrected chi connectivity index (χ4v) is 2.42. The summed E-state index contributed by atoms with van der Waals surface area (Å²) in [6.07, 6.45) is 3.82. The van der Waals surface area contributed by atoms with Crippen LogP contribution in [-0.4, -0.2) is 17.1 Å². The Hall–Kier alpha value is -2.88. The second-order valence-electron chi connectivity index (χ2n) is 5.24. The van der Waals surface area contributed by atoms with Gasteiger partial charge in [-0.1, -0.05) is 48.0 Å². The summed E-state index contributed by atoms with van der Waals surface area (Å²) in [6.45, 7) is 2.02. The fourth-order valence-electron chi connectivity index (χ4n) is 2.42. The maximum atomic E-state index is 12.0. The fraction of sp³-hybridized carbons (Fsp3) is 0.111. The van der Waals surface area contributed by atoms with Gasteiger partial charge >= 0.3 is 0 Å². The molecule has 0 saturated carbocycles. The number of H-pyrrole nitrogens is 1. The number of carbonyl (C=O) groups excluding carboxylic acids is 1. The summed E-state index contributed by atoms with van der Waals surface area (Å²) in [4.78, 5) is 15.1. The van der Waals surface area contributed by atoms with E-state index in [0.29, 0.717) is 6.42 Å². The Balaban J connectivity index is 1.63. The molecule has 0 radical (unpaired) electrons. The van der Waals surface area contributed by atoms with Gasteiger partial charge in [0, 0.05) is 17.1 Å². The lowest BCUT2D eigenvalue weighted by molar-refractivity contribution is -0.120. The number of aryl methyl sites for hydroxylation is 1. The molecule has 0 aliphatic rings. The predicted octanol–water partition coefficient (Wildman–Crippen LogP) is 3.17. The minimum atomic E-state index is -0.131. The van der Waals surface area contributed by atoms with Crippen molar-refractivity contribution in [1.82, 2.24) is 10.4 Å². The smallest absolute Gasteiger partial charge is 0.244 e. The van der Waals surface area contributed by atoms with E-state index >= 15 is 0 Å². The van der Waals surface area contributed by atoms with Crippen LogP contribution < -0.4 is 5.43 Å². The molecule has 110 valence electrons. The largest absolute Gasteiger partial charge is 0.361 e. The van der Waals surface area contributed by atoms with Crippen LogP contribution in [0.25, 0.3) is 10.9 Å². The summed E-state index contributed by atoms with van der Waals surface area (Å²) in [5.74, 6) is -0.131. The third-order valence-electron chi connectivity index (χ3n) is 3.47. The van der Waals surface area contributed by atoms with E-state index in [-0.39, 0.29) is 5.91 Å². The molecular weight excluding hydrogens is 274 g/mol. The van der Waals surface area contributed by atoms with Gasteiger partial charge in [-0.05, 0) is 24.1 Å². The van der Waals surface area contributed by atoms with Crippen LogP contribution in [0.1, 0.15) is 16.7 Å². The van der Waals surface area contributed by atoms with E-state index in [1.807, 2.05) is 61.7 Å². The lowest BCUT2D eigenvalue weighted by Crippen LogP contribution is -2.19. The van der Waals surface area contributed by atoms with Crippen LogP contribution >= 0.6 is 0 Å². The first-order valence-corrected chi connectivity index (χ1v) is 7.16. The molecule has 22 heavy (non-hydrogen) atoms. The Kier molecular flexibility index (Phi) is 4.01. The topological polar surface area (TPSA) is 57.2 Å². The quantitative estimate of drug-likeness (QED) is 0.563. The highest BCUT2D eigenvalue weighted by Crippen LogP contribution is 2.17. The van der Waals surface area contributed by atoms with E-state index in [0.717, 1.165) is 27.6 Å². The number of benzene rings is 2. The highest BCUT2D eigenvalue weighted by atomic mass is 16.2. The number of hydrogen-bond acceptors (Lipinski definition) is 2. The van der Waals surface area contributed by atoms with Crippen LogP contribution in [0, 0.1) is 6.92 Å². The number of carbonyl (C=O) groups is 1. The summed E-state index contributed by atoms with van der Waals surface area (Å²) in [6, 6.07) is 15.9. The first-order chi connectivity index (χ1) is 10.7. The van der Waals surface area contributed by atoms with Gasteiger partial charge in [0.15, 0.2) is 0 Å². The first kappa shape index (κ1) is 14.1. The van der Waals surface area contributed by atoms with Crippen molar-refractivity contribution in [3.63, 3.8) is 0 Å². The van der Waals surface area contributed by atoms with E-state index in [4.69, 9.17) is 0 Å². The SMILES string of the molecule is Cc1cccc(/C=N\NC(=O)Cc2c[nH]c3ccccc23)c1. The molecule has 1 aromatic heterocycles. The Morgan fingerprint density at radius 1 is 1.23 bits per heavy atom. The molecule has 0 bridgehead atoms. The molecule has 4 heteroatoms. The minimum absolute atomic E-state index is 0.131. The monoisotopic (exact) mass is 291 g/mol. The molecule has 0 saturated heterocycles. The molecule has 0 fully saturated rings.